The average Bonchev–Trinajstić information content (AvgIpc) is 3.34. The van der Waals surface area contributed by atoms with E-state index in [0.717, 1.165) is 6.54 Å². The molecule has 4 heterocycles. The lowest BCUT2D eigenvalue weighted by molar-refractivity contribution is -0.202. The molecule has 6 atom stereocenters. The van der Waals surface area contributed by atoms with Crippen LogP contribution >= 0.6 is 0 Å². The number of nitrogens with zero attached hydrogens (tertiary/aromatic N) is 5. The number of amidine groups is 1. The van der Waals surface area contributed by atoms with E-state index in [1.54, 1.807) is 6.34 Å². The summed E-state index contributed by atoms with van der Waals surface area (Å²) in [7, 11) is 3.40. The number of rotatable bonds is 7. The van der Waals surface area contributed by atoms with Gasteiger partial charge in [0.15, 0.2) is 18.2 Å². The molecule has 0 aromatic carbocycles. The van der Waals surface area contributed by atoms with E-state index in [0.29, 0.717) is 25.2 Å². The van der Waals surface area contributed by atoms with Gasteiger partial charge >= 0.3 is 5.97 Å². The van der Waals surface area contributed by atoms with Gasteiger partial charge in [-0.2, -0.15) is 0 Å². The molecule has 0 aromatic rings. The Labute approximate surface area is 175 Å². The molecule has 4 aliphatic rings. The fraction of sp³-hybridized carbons (Fsp3) is 0.789. The molecule has 4 rings (SSSR count). The number of hydrogen-bond donors (Lipinski definition) is 1. The van der Waals surface area contributed by atoms with Crippen molar-refractivity contribution in [3.05, 3.63) is 0 Å². The molecule has 0 saturated carbocycles. The van der Waals surface area contributed by atoms with Crippen molar-refractivity contribution in [1.82, 2.24) is 9.80 Å². The van der Waals surface area contributed by atoms with Crippen LogP contribution < -0.4 is 5.73 Å². The normalized spacial score (nSPS) is 36.2. The summed E-state index contributed by atoms with van der Waals surface area (Å²) in [6.07, 6.45) is 2.90. The monoisotopic (exact) mass is 422 g/mol. The average molecular weight is 422 g/mol. The van der Waals surface area contributed by atoms with Gasteiger partial charge in [0, 0.05) is 13.0 Å². The van der Waals surface area contributed by atoms with E-state index in [1.165, 1.54) is 13.4 Å². The van der Waals surface area contributed by atoms with Crippen LogP contribution in [0.1, 0.15) is 26.7 Å². The maximum absolute atomic E-state index is 11.3. The second-order valence-electron chi connectivity index (χ2n) is 8.46. The first-order valence-electron chi connectivity index (χ1n) is 10.2. The Bertz CT molecular complexity index is 756. The van der Waals surface area contributed by atoms with Crippen molar-refractivity contribution in [1.29, 1.82) is 0 Å². The highest BCUT2D eigenvalue weighted by atomic mass is 16.8. The smallest absolute Gasteiger partial charge is 0.305 e. The second kappa shape index (κ2) is 8.22. The highest BCUT2D eigenvalue weighted by molar-refractivity contribution is 5.96. The van der Waals surface area contributed by atoms with Gasteiger partial charge in [0.2, 0.25) is 0 Å². The van der Waals surface area contributed by atoms with Crippen LogP contribution in [-0.4, -0.2) is 104 Å². The Balaban J connectivity index is 1.43. The zero-order valence-corrected chi connectivity index (χ0v) is 17.8. The predicted octanol–water partition coefficient (Wildman–Crippen LogP) is -0.446. The number of aliphatic imine (C=N–C) groups is 3. The maximum Gasteiger partial charge on any atom is 0.305 e. The van der Waals surface area contributed by atoms with E-state index in [2.05, 4.69) is 19.9 Å². The number of likely N-dealkylation sites (N-methyl/N-ethyl adjacent to an activating group) is 1. The molecule has 0 aromatic heterocycles. The standard InChI is InChI=1S/C19H30N6O5/c1-19(2)29-14-11(8-24(3)7-5-6-12(26)27-4)28-18(15(14)30-19)25-10-23-13-16(20)21-9-22-17(13)25/h9-11,13-15,17-18H,5-8H2,1-4H3,(H2,20,21,22)/t11?,13?,14-,15?,17?,18?/m1/s1. The molecule has 2 saturated heterocycles. The van der Waals surface area contributed by atoms with Crippen LogP contribution in [0.15, 0.2) is 15.0 Å². The molecule has 0 spiro atoms. The summed E-state index contributed by atoms with van der Waals surface area (Å²) in [5.74, 6) is -0.464. The van der Waals surface area contributed by atoms with Gasteiger partial charge in [-0.05, 0) is 33.9 Å². The lowest BCUT2D eigenvalue weighted by Gasteiger charge is -2.33. The quantitative estimate of drug-likeness (QED) is 0.548. The Morgan fingerprint density at radius 2 is 2.10 bits per heavy atom. The van der Waals surface area contributed by atoms with Gasteiger partial charge in [-0.1, -0.05) is 0 Å². The van der Waals surface area contributed by atoms with Crippen molar-refractivity contribution in [2.45, 2.75) is 69.2 Å². The van der Waals surface area contributed by atoms with Gasteiger partial charge in [-0.25, -0.2) is 9.98 Å². The minimum absolute atomic E-state index is 0.198. The van der Waals surface area contributed by atoms with Gasteiger partial charge in [0.25, 0.3) is 0 Å². The first kappa shape index (κ1) is 21.2. The van der Waals surface area contributed by atoms with Gasteiger partial charge < -0.3 is 34.5 Å². The molecular weight excluding hydrogens is 392 g/mol. The first-order valence-corrected chi connectivity index (χ1v) is 10.2. The summed E-state index contributed by atoms with van der Waals surface area (Å²) >= 11 is 0. The number of carbonyl (C=O) groups excluding carboxylic acids is 1. The van der Waals surface area contributed by atoms with Crippen LogP contribution in [0.4, 0.5) is 0 Å². The molecule has 4 aliphatic heterocycles. The maximum atomic E-state index is 11.3. The largest absolute Gasteiger partial charge is 0.469 e. The van der Waals surface area contributed by atoms with Crippen molar-refractivity contribution in [2.75, 3.05) is 27.2 Å². The van der Waals surface area contributed by atoms with Crippen LogP contribution in [0.2, 0.25) is 0 Å². The van der Waals surface area contributed by atoms with E-state index in [-0.39, 0.29) is 36.5 Å². The fourth-order valence-corrected chi connectivity index (χ4v) is 4.35. The topological polar surface area (TPSA) is 124 Å². The molecule has 0 radical (unpaired) electrons. The van der Waals surface area contributed by atoms with E-state index in [9.17, 15) is 4.79 Å². The molecule has 2 fully saturated rings. The number of nitrogens with two attached hydrogens (primary N) is 1. The van der Waals surface area contributed by atoms with Crippen molar-refractivity contribution in [2.24, 2.45) is 20.7 Å². The molecule has 5 unspecified atom stereocenters. The molecule has 166 valence electrons. The second-order valence-corrected chi connectivity index (χ2v) is 8.46. The van der Waals surface area contributed by atoms with E-state index in [1.807, 2.05) is 25.8 Å². The van der Waals surface area contributed by atoms with Gasteiger partial charge in [0.1, 0.15) is 36.5 Å². The number of carbonyl (C=O) groups is 1. The van der Waals surface area contributed by atoms with Crippen molar-refractivity contribution in [3.63, 3.8) is 0 Å². The number of methoxy groups -OCH3 is 1. The molecule has 0 amide bonds. The van der Waals surface area contributed by atoms with Crippen molar-refractivity contribution in [3.8, 4) is 0 Å². The molecule has 30 heavy (non-hydrogen) atoms. The zero-order valence-electron chi connectivity index (χ0n) is 17.8. The number of esters is 1. The van der Waals surface area contributed by atoms with E-state index >= 15 is 0 Å². The summed E-state index contributed by atoms with van der Waals surface area (Å²) < 4.78 is 23.5. The Hall–Kier alpha value is -2.08. The van der Waals surface area contributed by atoms with Crippen LogP contribution in [0.5, 0.6) is 0 Å². The van der Waals surface area contributed by atoms with Crippen molar-refractivity contribution >= 4 is 24.5 Å². The number of fused-ring (bicyclic) bond motifs is 2. The minimum Gasteiger partial charge on any atom is -0.469 e. The highest BCUT2D eigenvalue weighted by Gasteiger charge is 2.58. The number of hydrogen-bond acceptors (Lipinski definition) is 11. The first-order chi connectivity index (χ1) is 14.3. The number of ether oxygens (including phenoxy) is 4. The third-order valence-electron chi connectivity index (χ3n) is 5.74. The van der Waals surface area contributed by atoms with Crippen LogP contribution in [-0.2, 0) is 23.7 Å². The molecule has 2 N–H and O–H groups in total. The zero-order chi connectivity index (χ0) is 21.5. The fourth-order valence-electron chi connectivity index (χ4n) is 4.35. The minimum atomic E-state index is -0.703. The van der Waals surface area contributed by atoms with Crippen LogP contribution in [0.3, 0.4) is 0 Å². The highest BCUT2D eigenvalue weighted by Crippen LogP contribution is 2.41. The van der Waals surface area contributed by atoms with E-state index in [4.69, 9.17) is 24.7 Å². The third-order valence-corrected chi connectivity index (χ3v) is 5.74. The van der Waals surface area contributed by atoms with E-state index < -0.39 is 12.0 Å². The summed E-state index contributed by atoms with van der Waals surface area (Å²) in [5.41, 5.74) is 5.98. The Morgan fingerprint density at radius 1 is 1.33 bits per heavy atom. The summed E-state index contributed by atoms with van der Waals surface area (Å²) in [6, 6.07) is -0.313. The molecule has 11 heteroatoms. The molecule has 0 bridgehead atoms. The van der Waals surface area contributed by atoms with Crippen LogP contribution in [0.25, 0.3) is 0 Å². The van der Waals surface area contributed by atoms with Gasteiger partial charge in [-0.15, -0.1) is 0 Å². The summed E-state index contributed by atoms with van der Waals surface area (Å²) in [5, 5.41) is 0. The van der Waals surface area contributed by atoms with Crippen molar-refractivity contribution < 1.29 is 23.7 Å². The molecular formula is C19H30N6O5. The molecule has 0 aliphatic carbocycles. The summed E-state index contributed by atoms with van der Waals surface area (Å²) in [6.45, 7) is 5.20. The predicted molar refractivity (Wildman–Crippen MR) is 109 cm³/mol. The van der Waals surface area contributed by atoms with Gasteiger partial charge in [-0.3, -0.25) is 9.79 Å². The Morgan fingerprint density at radius 3 is 2.87 bits per heavy atom. The third kappa shape index (κ3) is 4.07. The SMILES string of the molecule is COC(=O)CCCN(C)CC1OC(N2C=NC3C(N)=NC=NC32)C2OC(C)(C)O[C@H]12. The lowest BCUT2D eigenvalue weighted by Crippen LogP contribution is -2.51. The molecule has 11 nitrogen and oxygen atoms in total. The lowest BCUT2D eigenvalue weighted by atomic mass is 10.1. The summed E-state index contributed by atoms with van der Waals surface area (Å²) in [4.78, 5) is 28.4. The van der Waals surface area contributed by atoms with Crippen LogP contribution in [0, 0.1) is 0 Å². The Kier molecular flexibility index (Phi) is 5.80. The van der Waals surface area contributed by atoms with Gasteiger partial charge in [0.05, 0.1) is 13.4 Å².